The van der Waals surface area contributed by atoms with E-state index in [2.05, 4.69) is 5.32 Å². The number of aromatic hydroxyl groups is 1. The van der Waals surface area contributed by atoms with E-state index >= 15 is 0 Å². The van der Waals surface area contributed by atoms with Crippen molar-refractivity contribution in [2.75, 3.05) is 11.9 Å². The highest BCUT2D eigenvalue weighted by atomic mass is 16.4. The minimum Gasteiger partial charge on any atom is -0.507 e. The van der Waals surface area contributed by atoms with Crippen LogP contribution in [0.25, 0.3) is 0 Å². The lowest BCUT2D eigenvalue weighted by molar-refractivity contribution is 0.0694. The molecule has 0 aliphatic rings. The number of aromatic carboxylic acids is 1. The van der Waals surface area contributed by atoms with Crippen molar-refractivity contribution < 1.29 is 15.0 Å². The molecule has 80 valence electrons. The summed E-state index contributed by atoms with van der Waals surface area (Å²) in [5.41, 5.74) is 0.599. The van der Waals surface area contributed by atoms with Crippen molar-refractivity contribution in [1.82, 2.24) is 0 Å². The molecule has 4 heteroatoms. The topological polar surface area (TPSA) is 69.6 Å². The van der Waals surface area contributed by atoms with E-state index in [0.717, 1.165) is 0 Å². The van der Waals surface area contributed by atoms with Crippen LogP contribution in [0.2, 0.25) is 0 Å². The normalized spacial score (nSPS) is 10.5. The van der Waals surface area contributed by atoms with Crippen LogP contribution >= 0.6 is 0 Å². The summed E-state index contributed by atoms with van der Waals surface area (Å²) in [4.78, 5) is 10.6. The second kappa shape index (κ2) is 5.05. The molecule has 3 N–H and O–H groups in total. The maximum atomic E-state index is 10.6. The van der Waals surface area contributed by atoms with Crippen LogP contribution in [0.4, 0.5) is 5.69 Å². The summed E-state index contributed by atoms with van der Waals surface area (Å²) in [5, 5.41) is 21.1. The van der Waals surface area contributed by atoms with Crippen LogP contribution in [0, 0.1) is 0 Å². The summed E-state index contributed by atoms with van der Waals surface area (Å²) in [6.45, 7) is 2.55. The third kappa shape index (κ3) is 3.02. The highest BCUT2D eigenvalue weighted by molar-refractivity contribution is 5.91. The maximum Gasteiger partial charge on any atom is 0.339 e. The molecule has 0 unspecified atom stereocenters. The van der Waals surface area contributed by atoms with Crippen LogP contribution in [0.1, 0.15) is 17.3 Å². The van der Waals surface area contributed by atoms with Gasteiger partial charge in [-0.25, -0.2) is 4.79 Å². The quantitative estimate of drug-likeness (QED) is 0.661. The Morgan fingerprint density at radius 3 is 2.80 bits per heavy atom. The number of anilines is 1. The van der Waals surface area contributed by atoms with Gasteiger partial charge in [0.1, 0.15) is 11.3 Å². The number of benzene rings is 1. The zero-order valence-corrected chi connectivity index (χ0v) is 8.40. The molecule has 0 bridgehead atoms. The van der Waals surface area contributed by atoms with Gasteiger partial charge >= 0.3 is 5.97 Å². The van der Waals surface area contributed by atoms with Crippen molar-refractivity contribution in [3.05, 3.63) is 35.9 Å². The monoisotopic (exact) mass is 207 g/mol. The number of rotatable bonds is 4. The Morgan fingerprint density at radius 2 is 2.27 bits per heavy atom. The molecular weight excluding hydrogens is 194 g/mol. The van der Waals surface area contributed by atoms with Crippen molar-refractivity contribution in [2.24, 2.45) is 0 Å². The fourth-order valence-electron chi connectivity index (χ4n) is 1.12. The van der Waals surface area contributed by atoms with Gasteiger partial charge in [-0.1, -0.05) is 12.2 Å². The first kappa shape index (κ1) is 11.1. The summed E-state index contributed by atoms with van der Waals surface area (Å²) in [6.07, 6.45) is 3.82. The molecule has 15 heavy (non-hydrogen) atoms. The summed E-state index contributed by atoms with van der Waals surface area (Å²) in [7, 11) is 0. The molecule has 1 aromatic rings. The lowest BCUT2D eigenvalue weighted by atomic mass is 10.2. The molecule has 4 nitrogen and oxygen atoms in total. The fourth-order valence-corrected chi connectivity index (χ4v) is 1.12. The first-order valence-corrected chi connectivity index (χ1v) is 4.56. The second-order valence-electron chi connectivity index (χ2n) is 2.99. The Balaban J connectivity index is 2.77. The average molecular weight is 207 g/mol. The first-order chi connectivity index (χ1) is 7.15. The third-order valence-electron chi connectivity index (χ3n) is 1.89. The van der Waals surface area contributed by atoms with Gasteiger partial charge in [0.2, 0.25) is 0 Å². The van der Waals surface area contributed by atoms with E-state index in [4.69, 9.17) is 5.11 Å². The number of nitrogens with one attached hydrogen (secondary N) is 1. The molecule has 0 saturated carbocycles. The van der Waals surface area contributed by atoms with E-state index in [0.29, 0.717) is 12.2 Å². The Bertz CT molecular complexity index is 385. The Morgan fingerprint density at radius 1 is 1.53 bits per heavy atom. The van der Waals surface area contributed by atoms with Gasteiger partial charge in [0.25, 0.3) is 0 Å². The number of allylic oxidation sites excluding steroid dienone is 1. The molecule has 0 saturated heterocycles. The molecule has 0 heterocycles. The van der Waals surface area contributed by atoms with E-state index in [1.807, 2.05) is 19.1 Å². The van der Waals surface area contributed by atoms with Crippen LogP contribution in [-0.4, -0.2) is 22.7 Å². The minimum atomic E-state index is -1.13. The molecule has 0 atom stereocenters. The van der Waals surface area contributed by atoms with Crippen molar-refractivity contribution in [2.45, 2.75) is 6.92 Å². The first-order valence-electron chi connectivity index (χ1n) is 4.56. The Hall–Kier alpha value is -1.97. The molecule has 0 amide bonds. The van der Waals surface area contributed by atoms with Gasteiger partial charge in [-0.2, -0.15) is 0 Å². The van der Waals surface area contributed by atoms with E-state index in [9.17, 15) is 9.90 Å². The fraction of sp³-hybridized carbons (Fsp3) is 0.182. The van der Waals surface area contributed by atoms with E-state index in [-0.39, 0.29) is 11.3 Å². The van der Waals surface area contributed by atoms with Gasteiger partial charge in [0.05, 0.1) is 0 Å². The van der Waals surface area contributed by atoms with Crippen LogP contribution in [0.15, 0.2) is 30.4 Å². The van der Waals surface area contributed by atoms with Crippen molar-refractivity contribution in [3.63, 3.8) is 0 Å². The maximum absolute atomic E-state index is 10.6. The zero-order chi connectivity index (χ0) is 11.3. The van der Waals surface area contributed by atoms with Gasteiger partial charge in [-0.05, 0) is 19.1 Å². The predicted octanol–water partition coefficient (Wildman–Crippen LogP) is 2.08. The van der Waals surface area contributed by atoms with Crippen LogP contribution in [0.5, 0.6) is 5.75 Å². The van der Waals surface area contributed by atoms with Gasteiger partial charge in [-0.15, -0.1) is 0 Å². The number of carbonyl (C=O) groups is 1. The van der Waals surface area contributed by atoms with Crippen molar-refractivity contribution in [1.29, 1.82) is 0 Å². The molecule has 1 rings (SSSR count). The van der Waals surface area contributed by atoms with E-state index < -0.39 is 5.97 Å². The number of carboxylic acid groups (broad SMARTS) is 1. The van der Waals surface area contributed by atoms with Gasteiger partial charge < -0.3 is 15.5 Å². The van der Waals surface area contributed by atoms with Crippen LogP contribution in [0.3, 0.4) is 0 Å². The van der Waals surface area contributed by atoms with Gasteiger partial charge in [0.15, 0.2) is 0 Å². The number of phenols is 1. The molecule has 0 aliphatic heterocycles. The molecule has 0 aliphatic carbocycles. The van der Waals surface area contributed by atoms with E-state index in [1.54, 1.807) is 6.07 Å². The van der Waals surface area contributed by atoms with Gasteiger partial charge in [0, 0.05) is 18.3 Å². The second-order valence-corrected chi connectivity index (χ2v) is 2.99. The number of hydrogen-bond acceptors (Lipinski definition) is 3. The summed E-state index contributed by atoms with van der Waals surface area (Å²) in [6, 6.07) is 4.38. The molecule has 0 aromatic heterocycles. The lowest BCUT2D eigenvalue weighted by Gasteiger charge is -2.05. The highest BCUT2D eigenvalue weighted by Gasteiger charge is 2.08. The summed E-state index contributed by atoms with van der Waals surface area (Å²) >= 11 is 0. The smallest absolute Gasteiger partial charge is 0.339 e. The SMILES string of the molecule is C/C=C\CNc1ccc(C(=O)O)c(O)c1. The molecule has 0 fully saturated rings. The number of hydrogen-bond donors (Lipinski definition) is 3. The molecule has 1 aromatic carbocycles. The van der Waals surface area contributed by atoms with Crippen LogP contribution < -0.4 is 5.32 Å². The minimum absolute atomic E-state index is 0.0911. The average Bonchev–Trinajstić information content (AvgIpc) is 2.17. The third-order valence-corrected chi connectivity index (χ3v) is 1.89. The Kier molecular flexibility index (Phi) is 3.74. The standard InChI is InChI=1S/C11H13NO3/c1-2-3-6-12-8-4-5-9(11(14)15)10(13)7-8/h2-5,7,12-13H,6H2,1H3,(H,14,15)/b3-2-. The van der Waals surface area contributed by atoms with Crippen molar-refractivity contribution in [3.8, 4) is 5.75 Å². The number of carboxylic acids is 1. The Labute approximate surface area is 87.9 Å². The van der Waals surface area contributed by atoms with Gasteiger partial charge in [-0.3, -0.25) is 0 Å². The molecule has 0 radical (unpaired) electrons. The summed E-state index contributed by atoms with van der Waals surface area (Å²) in [5.74, 6) is -1.36. The van der Waals surface area contributed by atoms with E-state index in [1.165, 1.54) is 12.1 Å². The predicted molar refractivity (Wildman–Crippen MR) is 58.4 cm³/mol. The molecule has 0 spiro atoms. The van der Waals surface area contributed by atoms with Crippen molar-refractivity contribution >= 4 is 11.7 Å². The van der Waals surface area contributed by atoms with Crippen LogP contribution in [-0.2, 0) is 0 Å². The molecular formula is C11H13NO3. The largest absolute Gasteiger partial charge is 0.507 e. The lowest BCUT2D eigenvalue weighted by Crippen LogP contribution is -2.00. The summed E-state index contributed by atoms with van der Waals surface area (Å²) < 4.78 is 0. The zero-order valence-electron chi connectivity index (χ0n) is 8.40. The highest BCUT2D eigenvalue weighted by Crippen LogP contribution is 2.21.